The summed E-state index contributed by atoms with van der Waals surface area (Å²) in [7, 11) is -2.02. The Bertz CT molecular complexity index is 967. The highest BCUT2D eigenvalue weighted by Crippen LogP contribution is 2.29. The first-order valence-corrected chi connectivity index (χ1v) is 11.1. The van der Waals surface area contributed by atoms with E-state index in [0.717, 1.165) is 16.7 Å². The lowest BCUT2D eigenvalue weighted by Gasteiger charge is -2.31. The quantitative estimate of drug-likeness (QED) is 0.549. The van der Waals surface area contributed by atoms with Crippen LogP contribution in [0.25, 0.3) is 0 Å². The van der Waals surface area contributed by atoms with Gasteiger partial charge >= 0.3 is 5.97 Å². The lowest BCUT2D eigenvalue weighted by atomic mass is 9.98. The molecule has 0 unspecified atom stereocenters. The Morgan fingerprint density at radius 2 is 1.48 bits per heavy atom. The smallest absolute Gasteiger partial charge is 0.314 e. The van der Waals surface area contributed by atoms with E-state index < -0.39 is 10.0 Å². The summed E-state index contributed by atoms with van der Waals surface area (Å²) < 4.78 is 38.4. The van der Waals surface area contributed by atoms with Gasteiger partial charge in [0.05, 0.1) is 17.9 Å². The van der Waals surface area contributed by atoms with Gasteiger partial charge in [-0.25, -0.2) is 8.42 Å². The Hall–Kier alpha value is -2.38. The van der Waals surface area contributed by atoms with Crippen LogP contribution in [-0.2, 0) is 14.8 Å². The summed E-state index contributed by atoms with van der Waals surface area (Å²) in [4.78, 5) is 12.8. The number of carbonyl (C=O) groups is 1. The Morgan fingerprint density at radius 3 is 2.00 bits per heavy atom. The van der Waals surface area contributed by atoms with E-state index in [0.29, 0.717) is 42.3 Å². The summed E-state index contributed by atoms with van der Waals surface area (Å²) in [6, 6.07) is 10.6. The third-order valence-electron chi connectivity index (χ3n) is 5.27. The van der Waals surface area contributed by atoms with Gasteiger partial charge in [-0.05, 0) is 69.0 Å². The average molecular weight is 418 g/mol. The maximum Gasteiger partial charge on any atom is 0.314 e. The molecule has 0 saturated carbocycles. The number of aryl methyl sites for hydroxylation is 3. The van der Waals surface area contributed by atoms with Gasteiger partial charge in [0, 0.05) is 13.1 Å². The highest BCUT2D eigenvalue weighted by molar-refractivity contribution is 7.89. The van der Waals surface area contributed by atoms with E-state index in [2.05, 4.69) is 0 Å². The zero-order valence-electron chi connectivity index (χ0n) is 17.3. The molecule has 1 saturated heterocycles. The standard InChI is InChI=1S/C22H27NO5S/c1-15-13-16(2)21(17(3)14-15)29(25,26)23-11-9-18(10-12-23)22(24)28-20-7-5-19(27-4)6-8-20/h5-8,13-14,18H,9-12H2,1-4H3. The first kappa shape index (κ1) is 21.3. The molecule has 1 heterocycles. The number of ether oxygens (including phenoxy) is 2. The second kappa shape index (κ2) is 8.55. The molecule has 0 amide bonds. The number of esters is 1. The molecule has 3 rings (SSSR count). The third-order valence-corrected chi connectivity index (χ3v) is 7.47. The number of piperidine rings is 1. The van der Waals surface area contributed by atoms with Crippen LogP contribution in [0.1, 0.15) is 29.5 Å². The third kappa shape index (κ3) is 4.62. The molecule has 0 atom stereocenters. The Morgan fingerprint density at radius 1 is 0.966 bits per heavy atom. The summed E-state index contributed by atoms with van der Waals surface area (Å²) in [5.41, 5.74) is 2.55. The summed E-state index contributed by atoms with van der Waals surface area (Å²) in [5.74, 6) is 0.500. The second-order valence-electron chi connectivity index (χ2n) is 7.50. The van der Waals surface area contributed by atoms with E-state index in [1.54, 1.807) is 31.4 Å². The van der Waals surface area contributed by atoms with Crippen molar-refractivity contribution in [2.24, 2.45) is 5.92 Å². The summed E-state index contributed by atoms with van der Waals surface area (Å²) >= 11 is 0. The number of sulfonamides is 1. The van der Waals surface area contributed by atoms with Gasteiger partial charge in [0.2, 0.25) is 10.0 Å². The van der Waals surface area contributed by atoms with Crippen molar-refractivity contribution in [2.75, 3.05) is 20.2 Å². The fourth-order valence-electron chi connectivity index (χ4n) is 3.88. The molecule has 1 fully saturated rings. The second-order valence-corrected chi connectivity index (χ2v) is 9.38. The maximum absolute atomic E-state index is 13.2. The Balaban J connectivity index is 1.66. The molecular weight excluding hydrogens is 390 g/mol. The van der Waals surface area contributed by atoms with Gasteiger partial charge in [0.25, 0.3) is 0 Å². The van der Waals surface area contributed by atoms with Crippen LogP contribution >= 0.6 is 0 Å². The minimum Gasteiger partial charge on any atom is -0.497 e. The lowest BCUT2D eigenvalue weighted by Crippen LogP contribution is -2.41. The largest absolute Gasteiger partial charge is 0.497 e. The Labute approximate surface area is 172 Å². The van der Waals surface area contributed by atoms with E-state index >= 15 is 0 Å². The molecule has 29 heavy (non-hydrogen) atoms. The molecule has 0 spiro atoms. The van der Waals surface area contributed by atoms with Crippen LogP contribution in [-0.4, -0.2) is 38.9 Å². The van der Waals surface area contributed by atoms with Crippen LogP contribution < -0.4 is 9.47 Å². The molecular formula is C22H27NO5S. The summed E-state index contributed by atoms with van der Waals surface area (Å²) in [6.07, 6.45) is 0.885. The van der Waals surface area contributed by atoms with Crippen LogP contribution in [0, 0.1) is 26.7 Å². The predicted octanol–water partition coefficient (Wildman–Crippen LogP) is 3.63. The molecule has 6 nitrogen and oxygen atoms in total. The van der Waals surface area contributed by atoms with E-state index in [-0.39, 0.29) is 11.9 Å². The van der Waals surface area contributed by atoms with Crippen molar-refractivity contribution in [1.82, 2.24) is 4.31 Å². The fraction of sp³-hybridized carbons (Fsp3) is 0.409. The predicted molar refractivity (Wildman–Crippen MR) is 111 cm³/mol. The van der Waals surface area contributed by atoms with E-state index in [9.17, 15) is 13.2 Å². The minimum atomic E-state index is -3.59. The molecule has 2 aromatic carbocycles. The molecule has 0 aliphatic carbocycles. The van der Waals surface area contributed by atoms with Crippen molar-refractivity contribution in [1.29, 1.82) is 0 Å². The molecule has 2 aromatic rings. The average Bonchev–Trinajstić information content (AvgIpc) is 2.67. The maximum atomic E-state index is 13.2. The number of nitrogens with zero attached hydrogens (tertiary/aromatic N) is 1. The Kier molecular flexibility index (Phi) is 6.29. The van der Waals surface area contributed by atoms with Gasteiger partial charge in [0.15, 0.2) is 0 Å². The van der Waals surface area contributed by atoms with Crippen LogP contribution in [0.3, 0.4) is 0 Å². The van der Waals surface area contributed by atoms with Gasteiger partial charge in [-0.1, -0.05) is 17.7 Å². The van der Waals surface area contributed by atoms with Crippen molar-refractivity contribution in [3.63, 3.8) is 0 Å². The summed E-state index contributed by atoms with van der Waals surface area (Å²) in [5, 5.41) is 0. The van der Waals surface area contributed by atoms with Crippen molar-refractivity contribution in [2.45, 2.75) is 38.5 Å². The monoisotopic (exact) mass is 417 g/mol. The lowest BCUT2D eigenvalue weighted by molar-refractivity contribution is -0.140. The van der Waals surface area contributed by atoms with Gasteiger partial charge in [-0.2, -0.15) is 4.31 Å². The highest BCUT2D eigenvalue weighted by atomic mass is 32.2. The van der Waals surface area contributed by atoms with Crippen LogP contribution in [0.4, 0.5) is 0 Å². The first-order chi connectivity index (χ1) is 13.7. The van der Waals surface area contributed by atoms with Gasteiger partial charge in [-0.3, -0.25) is 4.79 Å². The van der Waals surface area contributed by atoms with E-state index in [1.807, 2.05) is 32.9 Å². The molecule has 0 bridgehead atoms. The number of carbonyl (C=O) groups excluding carboxylic acids is 1. The number of rotatable bonds is 5. The van der Waals surface area contributed by atoms with Crippen LogP contribution in [0.5, 0.6) is 11.5 Å². The van der Waals surface area contributed by atoms with Gasteiger partial charge < -0.3 is 9.47 Å². The van der Waals surface area contributed by atoms with Gasteiger partial charge in [-0.15, -0.1) is 0 Å². The van der Waals surface area contributed by atoms with E-state index in [4.69, 9.17) is 9.47 Å². The number of methoxy groups -OCH3 is 1. The highest BCUT2D eigenvalue weighted by Gasteiger charge is 2.34. The number of hydrogen-bond acceptors (Lipinski definition) is 5. The zero-order valence-corrected chi connectivity index (χ0v) is 18.1. The summed E-state index contributed by atoms with van der Waals surface area (Å²) in [6.45, 7) is 6.21. The van der Waals surface area contributed by atoms with Crippen molar-refractivity contribution < 1.29 is 22.7 Å². The molecule has 156 valence electrons. The molecule has 0 radical (unpaired) electrons. The molecule has 0 aromatic heterocycles. The molecule has 0 N–H and O–H groups in total. The van der Waals surface area contributed by atoms with Crippen LogP contribution in [0.15, 0.2) is 41.3 Å². The van der Waals surface area contributed by atoms with Crippen molar-refractivity contribution in [3.05, 3.63) is 53.1 Å². The van der Waals surface area contributed by atoms with Crippen molar-refractivity contribution in [3.8, 4) is 11.5 Å². The van der Waals surface area contributed by atoms with Gasteiger partial charge in [0.1, 0.15) is 11.5 Å². The van der Waals surface area contributed by atoms with Crippen molar-refractivity contribution >= 4 is 16.0 Å². The fourth-order valence-corrected chi connectivity index (χ4v) is 5.76. The normalized spacial score (nSPS) is 15.9. The number of benzene rings is 2. The molecule has 1 aliphatic rings. The molecule has 1 aliphatic heterocycles. The zero-order chi connectivity index (χ0) is 21.2. The SMILES string of the molecule is COc1ccc(OC(=O)C2CCN(S(=O)(=O)c3c(C)cc(C)cc3C)CC2)cc1. The topological polar surface area (TPSA) is 72.9 Å². The minimum absolute atomic E-state index is 0.303. The first-order valence-electron chi connectivity index (χ1n) is 9.66. The van der Waals surface area contributed by atoms with E-state index in [1.165, 1.54) is 4.31 Å². The number of hydrogen-bond donors (Lipinski definition) is 0. The van der Waals surface area contributed by atoms with Crippen LogP contribution in [0.2, 0.25) is 0 Å². The molecule has 7 heteroatoms.